The molecule has 1 rings (SSSR count). The SMILES string of the molecule is CCCCCN(C)CC(N)c1ccc(C)cc1. The predicted molar refractivity (Wildman–Crippen MR) is 75.1 cm³/mol. The summed E-state index contributed by atoms with van der Waals surface area (Å²) in [6, 6.07) is 8.67. The van der Waals surface area contributed by atoms with Crippen molar-refractivity contribution < 1.29 is 0 Å². The van der Waals surface area contributed by atoms with Gasteiger partial charge in [-0.05, 0) is 32.5 Å². The summed E-state index contributed by atoms with van der Waals surface area (Å²) in [4.78, 5) is 2.33. The van der Waals surface area contributed by atoms with Crippen molar-refractivity contribution in [3.05, 3.63) is 35.4 Å². The molecule has 1 aromatic rings. The van der Waals surface area contributed by atoms with Gasteiger partial charge in [-0.15, -0.1) is 0 Å². The molecule has 0 aliphatic carbocycles. The van der Waals surface area contributed by atoms with Crippen LogP contribution in [0.2, 0.25) is 0 Å². The van der Waals surface area contributed by atoms with Crippen LogP contribution in [0.4, 0.5) is 0 Å². The third-order valence-corrected chi connectivity index (χ3v) is 3.16. The van der Waals surface area contributed by atoms with Gasteiger partial charge < -0.3 is 10.6 Å². The first-order valence-electron chi connectivity index (χ1n) is 6.64. The summed E-state index contributed by atoms with van der Waals surface area (Å²) in [6.07, 6.45) is 3.86. The summed E-state index contributed by atoms with van der Waals surface area (Å²) < 4.78 is 0. The van der Waals surface area contributed by atoms with Gasteiger partial charge in [0, 0.05) is 12.6 Å². The zero-order valence-electron chi connectivity index (χ0n) is 11.4. The molecular formula is C15H26N2. The maximum absolute atomic E-state index is 6.21. The van der Waals surface area contributed by atoms with Gasteiger partial charge in [-0.3, -0.25) is 0 Å². The number of hydrogen-bond donors (Lipinski definition) is 1. The Morgan fingerprint density at radius 1 is 1.18 bits per heavy atom. The van der Waals surface area contributed by atoms with Crippen molar-refractivity contribution in [2.75, 3.05) is 20.1 Å². The van der Waals surface area contributed by atoms with Crippen LogP contribution in [-0.2, 0) is 0 Å². The molecule has 0 bridgehead atoms. The average Bonchev–Trinajstić information content (AvgIpc) is 2.30. The maximum atomic E-state index is 6.21. The van der Waals surface area contributed by atoms with E-state index in [1.165, 1.54) is 30.4 Å². The average molecular weight is 234 g/mol. The minimum atomic E-state index is 0.127. The number of hydrogen-bond acceptors (Lipinski definition) is 2. The first-order valence-corrected chi connectivity index (χ1v) is 6.64. The summed E-state index contributed by atoms with van der Waals surface area (Å²) in [5.74, 6) is 0. The minimum Gasteiger partial charge on any atom is -0.323 e. The topological polar surface area (TPSA) is 29.3 Å². The molecule has 0 spiro atoms. The number of nitrogens with zero attached hydrogens (tertiary/aromatic N) is 1. The van der Waals surface area contributed by atoms with E-state index in [4.69, 9.17) is 5.73 Å². The second kappa shape index (κ2) is 7.46. The highest BCUT2D eigenvalue weighted by molar-refractivity contribution is 5.24. The quantitative estimate of drug-likeness (QED) is 0.734. The van der Waals surface area contributed by atoms with E-state index in [2.05, 4.69) is 50.1 Å². The van der Waals surface area contributed by atoms with Gasteiger partial charge in [-0.2, -0.15) is 0 Å². The number of aryl methyl sites for hydroxylation is 1. The van der Waals surface area contributed by atoms with E-state index in [1.54, 1.807) is 0 Å². The first-order chi connectivity index (χ1) is 8.13. The summed E-state index contributed by atoms with van der Waals surface area (Å²) in [6.45, 7) is 6.42. The van der Waals surface area contributed by atoms with Gasteiger partial charge >= 0.3 is 0 Å². The highest BCUT2D eigenvalue weighted by atomic mass is 15.1. The van der Waals surface area contributed by atoms with Gasteiger partial charge in [0.2, 0.25) is 0 Å². The zero-order chi connectivity index (χ0) is 12.7. The van der Waals surface area contributed by atoms with Crippen LogP contribution in [0.25, 0.3) is 0 Å². The van der Waals surface area contributed by atoms with E-state index < -0.39 is 0 Å². The van der Waals surface area contributed by atoms with Crippen LogP contribution in [0, 0.1) is 6.92 Å². The molecule has 0 radical (unpaired) electrons. The lowest BCUT2D eigenvalue weighted by molar-refractivity contribution is 0.305. The summed E-state index contributed by atoms with van der Waals surface area (Å²) in [7, 11) is 2.16. The number of unbranched alkanes of at least 4 members (excludes halogenated alkanes) is 2. The van der Waals surface area contributed by atoms with E-state index >= 15 is 0 Å². The molecule has 17 heavy (non-hydrogen) atoms. The Bertz CT molecular complexity index is 305. The monoisotopic (exact) mass is 234 g/mol. The molecule has 1 atom stereocenters. The number of likely N-dealkylation sites (N-methyl/N-ethyl adjacent to an activating group) is 1. The van der Waals surface area contributed by atoms with Crippen molar-refractivity contribution in [3.8, 4) is 0 Å². The fraction of sp³-hybridized carbons (Fsp3) is 0.600. The Labute approximate surface area is 106 Å². The van der Waals surface area contributed by atoms with E-state index in [0.29, 0.717) is 0 Å². The molecule has 2 heteroatoms. The molecule has 0 saturated heterocycles. The van der Waals surface area contributed by atoms with Gasteiger partial charge in [0.15, 0.2) is 0 Å². The molecule has 96 valence electrons. The smallest absolute Gasteiger partial charge is 0.0424 e. The first kappa shape index (κ1) is 14.2. The fourth-order valence-electron chi connectivity index (χ4n) is 1.98. The van der Waals surface area contributed by atoms with Crippen LogP contribution in [0.3, 0.4) is 0 Å². The molecule has 0 aromatic heterocycles. The van der Waals surface area contributed by atoms with Crippen LogP contribution >= 0.6 is 0 Å². The summed E-state index contributed by atoms with van der Waals surface area (Å²) in [5.41, 5.74) is 8.73. The second-order valence-corrected chi connectivity index (χ2v) is 4.99. The van der Waals surface area contributed by atoms with Gasteiger partial charge in [0.1, 0.15) is 0 Å². The van der Waals surface area contributed by atoms with Gasteiger partial charge in [0.05, 0.1) is 0 Å². The lowest BCUT2D eigenvalue weighted by Gasteiger charge is -2.21. The van der Waals surface area contributed by atoms with E-state index in [-0.39, 0.29) is 6.04 Å². The standard InChI is InChI=1S/C15H26N2/c1-4-5-6-11-17(3)12-15(16)14-9-7-13(2)8-10-14/h7-10,15H,4-6,11-12,16H2,1-3H3. The number of benzene rings is 1. The van der Waals surface area contributed by atoms with Crippen molar-refractivity contribution in [1.29, 1.82) is 0 Å². The van der Waals surface area contributed by atoms with Crippen molar-refractivity contribution in [1.82, 2.24) is 4.90 Å². The molecule has 0 saturated carbocycles. The fourth-order valence-corrected chi connectivity index (χ4v) is 1.98. The predicted octanol–water partition coefficient (Wildman–Crippen LogP) is 3.12. The largest absolute Gasteiger partial charge is 0.323 e. The Hall–Kier alpha value is -0.860. The summed E-state index contributed by atoms with van der Waals surface area (Å²) in [5, 5.41) is 0. The molecule has 1 aromatic carbocycles. The van der Waals surface area contributed by atoms with Crippen LogP contribution in [-0.4, -0.2) is 25.0 Å². The van der Waals surface area contributed by atoms with Crippen LogP contribution in [0.1, 0.15) is 43.4 Å². The van der Waals surface area contributed by atoms with Crippen LogP contribution in [0.15, 0.2) is 24.3 Å². The van der Waals surface area contributed by atoms with Crippen LogP contribution in [0.5, 0.6) is 0 Å². The molecular weight excluding hydrogens is 208 g/mol. The Morgan fingerprint density at radius 3 is 2.41 bits per heavy atom. The van der Waals surface area contributed by atoms with Gasteiger partial charge in [-0.25, -0.2) is 0 Å². The maximum Gasteiger partial charge on any atom is 0.0424 e. The lowest BCUT2D eigenvalue weighted by Crippen LogP contribution is -2.29. The van der Waals surface area contributed by atoms with Gasteiger partial charge in [0.25, 0.3) is 0 Å². The van der Waals surface area contributed by atoms with Gasteiger partial charge in [-0.1, -0.05) is 49.6 Å². The van der Waals surface area contributed by atoms with Crippen molar-refractivity contribution in [3.63, 3.8) is 0 Å². The number of rotatable bonds is 7. The molecule has 0 heterocycles. The normalized spacial score (nSPS) is 13.0. The van der Waals surface area contributed by atoms with Crippen molar-refractivity contribution >= 4 is 0 Å². The van der Waals surface area contributed by atoms with E-state index in [1.807, 2.05) is 0 Å². The lowest BCUT2D eigenvalue weighted by atomic mass is 10.1. The Balaban J connectivity index is 2.37. The highest BCUT2D eigenvalue weighted by Gasteiger charge is 2.08. The van der Waals surface area contributed by atoms with Crippen molar-refractivity contribution in [2.45, 2.75) is 39.2 Å². The second-order valence-electron chi connectivity index (χ2n) is 4.99. The van der Waals surface area contributed by atoms with E-state index in [0.717, 1.165) is 13.1 Å². The molecule has 2 nitrogen and oxygen atoms in total. The third-order valence-electron chi connectivity index (χ3n) is 3.16. The molecule has 0 fully saturated rings. The molecule has 2 N–H and O–H groups in total. The molecule has 0 aliphatic rings. The Morgan fingerprint density at radius 2 is 1.82 bits per heavy atom. The van der Waals surface area contributed by atoms with E-state index in [9.17, 15) is 0 Å². The van der Waals surface area contributed by atoms with Crippen LogP contribution < -0.4 is 5.73 Å². The molecule has 1 unspecified atom stereocenters. The molecule has 0 aliphatic heterocycles. The van der Waals surface area contributed by atoms with Crippen molar-refractivity contribution in [2.24, 2.45) is 5.73 Å². The Kier molecular flexibility index (Phi) is 6.23. The minimum absolute atomic E-state index is 0.127. The zero-order valence-corrected chi connectivity index (χ0v) is 11.4. The number of nitrogens with two attached hydrogens (primary N) is 1. The summed E-state index contributed by atoms with van der Waals surface area (Å²) >= 11 is 0. The third kappa shape index (κ3) is 5.33. The highest BCUT2D eigenvalue weighted by Crippen LogP contribution is 2.12. The molecule has 0 amide bonds.